The molecule has 0 radical (unpaired) electrons. The molecule has 0 spiro atoms. The summed E-state index contributed by atoms with van der Waals surface area (Å²) in [5, 5.41) is 3.40. The van der Waals surface area contributed by atoms with E-state index in [1.54, 1.807) is 24.3 Å². The minimum atomic E-state index is -4.69. The molecule has 0 aliphatic rings. The van der Waals surface area contributed by atoms with Gasteiger partial charge in [-0.2, -0.15) is 28.1 Å². The molecule has 0 saturated carbocycles. The van der Waals surface area contributed by atoms with Crippen LogP contribution in [0.3, 0.4) is 0 Å². The number of nitrogens with one attached hydrogen (secondary N) is 1. The van der Waals surface area contributed by atoms with Gasteiger partial charge in [0.05, 0.1) is 6.04 Å². The van der Waals surface area contributed by atoms with Crippen molar-refractivity contribution in [2.75, 3.05) is 11.1 Å². The van der Waals surface area contributed by atoms with Crippen molar-refractivity contribution < 1.29 is 13.2 Å². The molecule has 1 heterocycles. The number of anilines is 2. The molecular formula is C13H13ClF3N5. The molecule has 3 N–H and O–H groups in total. The molecule has 0 bridgehead atoms. The molecule has 1 unspecified atom stereocenters. The Bertz CT molecular complexity index is 645. The van der Waals surface area contributed by atoms with E-state index in [4.69, 9.17) is 17.3 Å². The van der Waals surface area contributed by atoms with E-state index >= 15 is 0 Å². The van der Waals surface area contributed by atoms with E-state index in [0.717, 1.165) is 5.56 Å². The lowest BCUT2D eigenvalue weighted by Gasteiger charge is -2.18. The third kappa shape index (κ3) is 3.97. The van der Waals surface area contributed by atoms with Gasteiger partial charge in [-0.1, -0.05) is 30.7 Å². The van der Waals surface area contributed by atoms with Crippen LogP contribution in [0.15, 0.2) is 24.3 Å². The summed E-state index contributed by atoms with van der Waals surface area (Å²) >= 11 is 5.82. The summed E-state index contributed by atoms with van der Waals surface area (Å²) < 4.78 is 38.1. The molecule has 1 atom stereocenters. The first-order valence-electron chi connectivity index (χ1n) is 6.40. The lowest BCUT2D eigenvalue weighted by molar-refractivity contribution is -0.144. The van der Waals surface area contributed by atoms with Gasteiger partial charge in [0.1, 0.15) is 0 Å². The van der Waals surface area contributed by atoms with Crippen molar-refractivity contribution in [2.24, 2.45) is 0 Å². The molecule has 9 heteroatoms. The van der Waals surface area contributed by atoms with Crippen LogP contribution >= 0.6 is 11.6 Å². The first-order chi connectivity index (χ1) is 10.3. The number of hydrogen-bond donors (Lipinski definition) is 2. The van der Waals surface area contributed by atoms with Crippen molar-refractivity contribution in [1.29, 1.82) is 0 Å². The van der Waals surface area contributed by atoms with Gasteiger partial charge in [0.2, 0.25) is 17.7 Å². The highest BCUT2D eigenvalue weighted by Gasteiger charge is 2.35. The van der Waals surface area contributed by atoms with E-state index in [2.05, 4.69) is 20.3 Å². The van der Waals surface area contributed by atoms with Crippen LogP contribution in [-0.4, -0.2) is 15.0 Å². The van der Waals surface area contributed by atoms with Crippen LogP contribution in [0.25, 0.3) is 0 Å². The molecule has 2 rings (SSSR count). The Balaban J connectivity index is 2.28. The number of halogens is 4. The smallest absolute Gasteiger partial charge is 0.368 e. The van der Waals surface area contributed by atoms with Crippen LogP contribution < -0.4 is 11.1 Å². The summed E-state index contributed by atoms with van der Waals surface area (Å²) in [7, 11) is 0. The van der Waals surface area contributed by atoms with Gasteiger partial charge < -0.3 is 11.1 Å². The summed E-state index contributed by atoms with van der Waals surface area (Å²) in [6.07, 6.45) is -4.08. The SMILES string of the molecule is CCC(Nc1nc(N)nc(C(F)(F)F)n1)c1ccc(Cl)cc1. The molecule has 0 aliphatic carbocycles. The maximum absolute atomic E-state index is 12.7. The van der Waals surface area contributed by atoms with Crippen molar-refractivity contribution >= 4 is 23.5 Å². The number of alkyl halides is 3. The molecule has 2 aromatic rings. The maximum Gasteiger partial charge on any atom is 0.451 e. The average Bonchev–Trinajstić information content (AvgIpc) is 2.44. The highest BCUT2D eigenvalue weighted by molar-refractivity contribution is 6.30. The number of aromatic nitrogens is 3. The Morgan fingerprint density at radius 2 is 1.82 bits per heavy atom. The van der Waals surface area contributed by atoms with Crippen molar-refractivity contribution in [3.8, 4) is 0 Å². The summed E-state index contributed by atoms with van der Waals surface area (Å²) in [5.41, 5.74) is 6.16. The van der Waals surface area contributed by atoms with Crippen LogP contribution in [-0.2, 0) is 6.18 Å². The fourth-order valence-corrected chi connectivity index (χ4v) is 1.98. The molecule has 118 valence electrons. The third-order valence-electron chi connectivity index (χ3n) is 2.89. The maximum atomic E-state index is 12.7. The number of nitrogens with zero attached hydrogens (tertiary/aromatic N) is 3. The summed E-state index contributed by atoms with van der Waals surface area (Å²) in [5.74, 6) is -2.04. The quantitative estimate of drug-likeness (QED) is 0.893. The predicted octanol–water partition coefficient (Wildman–Crippen LogP) is 3.69. The van der Waals surface area contributed by atoms with Crippen LogP contribution in [0.2, 0.25) is 5.02 Å². The van der Waals surface area contributed by atoms with Gasteiger partial charge in [0.15, 0.2) is 0 Å². The van der Waals surface area contributed by atoms with E-state index in [1.165, 1.54) is 0 Å². The second-order valence-corrected chi connectivity index (χ2v) is 4.93. The van der Waals surface area contributed by atoms with Crippen LogP contribution in [0.5, 0.6) is 0 Å². The Kier molecular flexibility index (Phi) is 4.70. The molecule has 0 saturated heterocycles. The fourth-order valence-electron chi connectivity index (χ4n) is 1.86. The molecule has 1 aromatic carbocycles. The van der Waals surface area contributed by atoms with Gasteiger partial charge in [-0.15, -0.1) is 0 Å². The van der Waals surface area contributed by atoms with Crippen molar-refractivity contribution in [2.45, 2.75) is 25.6 Å². The zero-order valence-corrected chi connectivity index (χ0v) is 12.3. The molecular weight excluding hydrogens is 319 g/mol. The van der Waals surface area contributed by atoms with Gasteiger partial charge in [-0.3, -0.25) is 0 Å². The van der Waals surface area contributed by atoms with Crippen LogP contribution in [0.1, 0.15) is 30.8 Å². The fraction of sp³-hybridized carbons (Fsp3) is 0.308. The van der Waals surface area contributed by atoms with Crippen LogP contribution in [0, 0.1) is 0 Å². The highest BCUT2D eigenvalue weighted by atomic mass is 35.5. The molecule has 5 nitrogen and oxygen atoms in total. The Hall–Kier alpha value is -2.09. The highest BCUT2D eigenvalue weighted by Crippen LogP contribution is 2.28. The predicted molar refractivity (Wildman–Crippen MR) is 77.3 cm³/mol. The van der Waals surface area contributed by atoms with Gasteiger partial charge in [-0.05, 0) is 24.1 Å². The third-order valence-corrected chi connectivity index (χ3v) is 3.14. The lowest BCUT2D eigenvalue weighted by Crippen LogP contribution is -2.18. The van der Waals surface area contributed by atoms with E-state index in [1.807, 2.05) is 6.92 Å². The summed E-state index contributed by atoms with van der Waals surface area (Å²) in [6, 6.07) is 6.67. The summed E-state index contributed by atoms with van der Waals surface area (Å²) in [6.45, 7) is 1.88. The van der Waals surface area contributed by atoms with E-state index in [9.17, 15) is 13.2 Å². The molecule has 22 heavy (non-hydrogen) atoms. The largest absolute Gasteiger partial charge is 0.451 e. The Labute approximate surface area is 129 Å². The van der Waals surface area contributed by atoms with Gasteiger partial charge >= 0.3 is 6.18 Å². The zero-order valence-electron chi connectivity index (χ0n) is 11.5. The topological polar surface area (TPSA) is 76.7 Å². The van der Waals surface area contributed by atoms with E-state index in [-0.39, 0.29) is 12.0 Å². The Morgan fingerprint density at radius 3 is 2.36 bits per heavy atom. The summed E-state index contributed by atoms with van der Waals surface area (Å²) in [4.78, 5) is 10.2. The van der Waals surface area contributed by atoms with E-state index < -0.39 is 17.9 Å². The first-order valence-corrected chi connectivity index (χ1v) is 6.78. The van der Waals surface area contributed by atoms with Crippen molar-refractivity contribution in [3.63, 3.8) is 0 Å². The van der Waals surface area contributed by atoms with Gasteiger partial charge in [0, 0.05) is 5.02 Å². The number of benzene rings is 1. The minimum absolute atomic E-state index is 0.221. The van der Waals surface area contributed by atoms with Crippen LogP contribution in [0.4, 0.5) is 25.1 Å². The van der Waals surface area contributed by atoms with E-state index in [0.29, 0.717) is 11.4 Å². The number of rotatable bonds is 4. The second-order valence-electron chi connectivity index (χ2n) is 4.50. The number of nitrogens with two attached hydrogens (primary N) is 1. The average molecular weight is 332 g/mol. The monoisotopic (exact) mass is 331 g/mol. The zero-order chi connectivity index (χ0) is 16.3. The minimum Gasteiger partial charge on any atom is -0.368 e. The second kappa shape index (κ2) is 6.35. The molecule has 0 aliphatic heterocycles. The van der Waals surface area contributed by atoms with Gasteiger partial charge in [0.25, 0.3) is 0 Å². The first kappa shape index (κ1) is 16.3. The van der Waals surface area contributed by atoms with Crippen molar-refractivity contribution in [1.82, 2.24) is 15.0 Å². The number of nitrogen functional groups attached to an aromatic ring is 1. The standard InChI is InChI=1S/C13H13ClF3N5/c1-2-9(7-3-5-8(14)6-4-7)19-12-21-10(13(15,16)17)20-11(18)22-12/h3-6,9H,2H2,1H3,(H3,18,19,20,21,22). The number of hydrogen-bond acceptors (Lipinski definition) is 5. The van der Waals surface area contributed by atoms with Gasteiger partial charge in [-0.25, -0.2) is 0 Å². The lowest BCUT2D eigenvalue weighted by atomic mass is 10.1. The molecule has 0 amide bonds. The Morgan fingerprint density at radius 1 is 1.18 bits per heavy atom. The van der Waals surface area contributed by atoms with Crippen molar-refractivity contribution in [3.05, 3.63) is 40.7 Å². The molecule has 0 fully saturated rings. The normalized spacial score (nSPS) is 13.0. The molecule has 1 aromatic heterocycles.